The number of nitrogens with one attached hydrogen (secondary N) is 2. The van der Waals surface area contributed by atoms with E-state index in [1.807, 2.05) is 0 Å². The average molecular weight is 358 g/mol. The molecule has 0 fully saturated rings. The monoisotopic (exact) mass is 358 g/mol. The standard InChI is InChI=1S/C19H22N2O3S/c1-2-3-4-13-24-17-11-5-14(6-12-17)18(23)21-19(25)20-15-7-9-16(22)10-8-15/h5-12,22H,2-4,13H2,1H3,(H2,20,21,23,25). The zero-order chi connectivity index (χ0) is 18.1. The highest BCUT2D eigenvalue weighted by Gasteiger charge is 2.08. The van der Waals surface area contributed by atoms with Crippen LogP contribution in [0.3, 0.4) is 0 Å². The zero-order valence-electron chi connectivity index (χ0n) is 14.1. The molecule has 0 heterocycles. The first-order valence-electron chi connectivity index (χ1n) is 8.22. The molecule has 0 aromatic heterocycles. The van der Waals surface area contributed by atoms with Crippen LogP contribution in [0.4, 0.5) is 5.69 Å². The highest BCUT2D eigenvalue weighted by molar-refractivity contribution is 7.80. The molecular formula is C19H22N2O3S. The number of rotatable bonds is 7. The van der Waals surface area contributed by atoms with Crippen molar-refractivity contribution in [1.82, 2.24) is 5.32 Å². The lowest BCUT2D eigenvalue weighted by Crippen LogP contribution is -2.34. The first kappa shape index (κ1) is 18.7. The Hall–Kier alpha value is -2.60. The molecule has 0 unspecified atom stereocenters. The maximum absolute atomic E-state index is 12.2. The van der Waals surface area contributed by atoms with Crippen LogP contribution in [-0.2, 0) is 0 Å². The Morgan fingerprint density at radius 1 is 1.08 bits per heavy atom. The third kappa shape index (κ3) is 6.43. The van der Waals surface area contributed by atoms with Gasteiger partial charge in [0.25, 0.3) is 5.91 Å². The Bertz CT molecular complexity index is 700. The molecule has 25 heavy (non-hydrogen) atoms. The first-order chi connectivity index (χ1) is 12.1. The highest BCUT2D eigenvalue weighted by atomic mass is 32.1. The predicted octanol–water partition coefficient (Wildman–Crippen LogP) is 4.09. The molecule has 0 atom stereocenters. The molecular weight excluding hydrogens is 336 g/mol. The topological polar surface area (TPSA) is 70.6 Å². The van der Waals surface area contributed by atoms with Crippen LogP contribution in [0.1, 0.15) is 36.5 Å². The number of hydrogen-bond donors (Lipinski definition) is 3. The summed E-state index contributed by atoms with van der Waals surface area (Å²) < 4.78 is 5.62. The normalized spacial score (nSPS) is 10.1. The molecule has 0 bridgehead atoms. The molecule has 132 valence electrons. The molecule has 0 aliphatic carbocycles. The number of carbonyl (C=O) groups is 1. The zero-order valence-corrected chi connectivity index (χ0v) is 14.9. The second-order valence-electron chi connectivity index (χ2n) is 5.54. The summed E-state index contributed by atoms with van der Waals surface area (Å²) in [6.07, 6.45) is 3.32. The van der Waals surface area contributed by atoms with Crippen LogP contribution in [0.5, 0.6) is 11.5 Å². The van der Waals surface area contributed by atoms with Gasteiger partial charge in [-0.25, -0.2) is 0 Å². The second kappa shape index (κ2) is 9.64. The number of phenolic OH excluding ortho intramolecular Hbond substituents is 1. The van der Waals surface area contributed by atoms with Gasteiger partial charge in [-0.15, -0.1) is 0 Å². The Kier molecular flexibility index (Phi) is 7.22. The third-order valence-electron chi connectivity index (χ3n) is 3.49. The Labute approximate surface area is 153 Å². The fourth-order valence-electron chi connectivity index (χ4n) is 2.13. The first-order valence-corrected chi connectivity index (χ1v) is 8.63. The molecule has 0 radical (unpaired) electrons. The van der Waals surface area contributed by atoms with Crippen LogP contribution < -0.4 is 15.4 Å². The van der Waals surface area contributed by atoms with Crippen molar-refractivity contribution >= 4 is 28.9 Å². The highest BCUT2D eigenvalue weighted by Crippen LogP contribution is 2.14. The van der Waals surface area contributed by atoms with Crippen molar-refractivity contribution in [2.45, 2.75) is 26.2 Å². The minimum atomic E-state index is -0.297. The molecule has 0 aliphatic rings. The van der Waals surface area contributed by atoms with Crippen molar-refractivity contribution in [1.29, 1.82) is 0 Å². The smallest absolute Gasteiger partial charge is 0.257 e. The maximum Gasteiger partial charge on any atom is 0.257 e. The number of thiocarbonyl (C=S) groups is 1. The van der Waals surface area contributed by atoms with Crippen LogP contribution in [0.2, 0.25) is 0 Å². The quantitative estimate of drug-likeness (QED) is 0.395. The van der Waals surface area contributed by atoms with Gasteiger partial charge in [0.05, 0.1) is 6.61 Å². The molecule has 0 aliphatic heterocycles. The molecule has 2 rings (SSSR count). The predicted molar refractivity (Wildman–Crippen MR) is 103 cm³/mol. The van der Waals surface area contributed by atoms with Gasteiger partial charge in [-0.3, -0.25) is 10.1 Å². The van der Waals surface area contributed by atoms with Gasteiger partial charge >= 0.3 is 0 Å². The number of phenols is 1. The Balaban J connectivity index is 1.83. The lowest BCUT2D eigenvalue weighted by Gasteiger charge is -2.10. The number of hydrogen-bond acceptors (Lipinski definition) is 4. The van der Waals surface area contributed by atoms with E-state index in [0.717, 1.165) is 25.0 Å². The van der Waals surface area contributed by atoms with Crippen molar-refractivity contribution < 1.29 is 14.6 Å². The summed E-state index contributed by atoms with van der Waals surface area (Å²) in [6, 6.07) is 13.4. The van der Waals surface area contributed by atoms with Crippen molar-refractivity contribution in [3.8, 4) is 11.5 Å². The van der Waals surface area contributed by atoms with Crippen LogP contribution in [0.15, 0.2) is 48.5 Å². The van der Waals surface area contributed by atoms with Gasteiger partial charge in [0.1, 0.15) is 11.5 Å². The molecule has 3 N–H and O–H groups in total. The van der Waals surface area contributed by atoms with Gasteiger partial charge in [-0.05, 0) is 67.2 Å². The van der Waals surface area contributed by atoms with Gasteiger partial charge in [-0.2, -0.15) is 0 Å². The summed E-state index contributed by atoms with van der Waals surface area (Å²) in [4.78, 5) is 12.2. The van der Waals surface area contributed by atoms with Crippen LogP contribution >= 0.6 is 12.2 Å². The third-order valence-corrected chi connectivity index (χ3v) is 3.69. The van der Waals surface area contributed by atoms with Crippen molar-refractivity contribution in [2.24, 2.45) is 0 Å². The number of amides is 1. The molecule has 0 spiro atoms. The van der Waals surface area contributed by atoms with Crippen molar-refractivity contribution in [3.05, 3.63) is 54.1 Å². The Morgan fingerprint density at radius 3 is 2.40 bits per heavy atom. The number of carbonyl (C=O) groups excluding carboxylic acids is 1. The van der Waals surface area contributed by atoms with E-state index in [0.29, 0.717) is 17.9 Å². The number of ether oxygens (including phenoxy) is 1. The van der Waals surface area contributed by atoms with E-state index in [9.17, 15) is 9.90 Å². The molecule has 0 saturated carbocycles. The minimum Gasteiger partial charge on any atom is -0.508 e. The summed E-state index contributed by atoms with van der Waals surface area (Å²) in [5.74, 6) is 0.615. The van der Waals surface area contributed by atoms with E-state index in [2.05, 4.69) is 17.6 Å². The summed E-state index contributed by atoms with van der Waals surface area (Å²) in [6.45, 7) is 2.83. The van der Waals surface area contributed by atoms with Gasteiger partial charge in [0.15, 0.2) is 5.11 Å². The largest absolute Gasteiger partial charge is 0.508 e. The molecule has 5 nitrogen and oxygen atoms in total. The van der Waals surface area contributed by atoms with E-state index < -0.39 is 0 Å². The summed E-state index contributed by atoms with van der Waals surface area (Å²) >= 11 is 5.12. The summed E-state index contributed by atoms with van der Waals surface area (Å²) in [5, 5.41) is 14.9. The molecule has 6 heteroatoms. The van der Waals surface area contributed by atoms with E-state index in [1.54, 1.807) is 36.4 Å². The fraction of sp³-hybridized carbons (Fsp3) is 0.263. The van der Waals surface area contributed by atoms with Gasteiger partial charge < -0.3 is 15.2 Å². The lowest BCUT2D eigenvalue weighted by atomic mass is 10.2. The van der Waals surface area contributed by atoms with Gasteiger partial charge in [-0.1, -0.05) is 19.8 Å². The van der Waals surface area contributed by atoms with E-state index in [-0.39, 0.29) is 16.8 Å². The summed E-state index contributed by atoms with van der Waals surface area (Å²) in [5.41, 5.74) is 1.18. The molecule has 1 amide bonds. The lowest BCUT2D eigenvalue weighted by molar-refractivity contribution is 0.0977. The van der Waals surface area contributed by atoms with Crippen molar-refractivity contribution in [2.75, 3.05) is 11.9 Å². The SMILES string of the molecule is CCCCCOc1ccc(C(=O)NC(=S)Nc2ccc(O)cc2)cc1. The van der Waals surface area contributed by atoms with Crippen molar-refractivity contribution in [3.63, 3.8) is 0 Å². The van der Waals surface area contributed by atoms with Gasteiger partial charge in [0.2, 0.25) is 0 Å². The molecule has 0 saturated heterocycles. The molecule has 2 aromatic carbocycles. The number of anilines is 1. The minimum absolute atomic E-state index is 0.164. The fourth-order valence-corrected chi connectivity index (χ4v) is 2.34. The van der Waals surface area contributed by atoms with E-state index >= 15 is 0 Å². The molecule has 2 aromatic rings. The van der Waals surface area contributed by atoms with Crippen LogP contribution in [0, 0.1) is 0 Å². The number of unbranched alkanes of at least 4 members (excludes halogenated alkanes) is 2. The average Bonchev–Trinajstić information content (AvgIpc) is 2.61. The Morgan fingerprint density at radius 2 is 1.76 bits per heavy atom. The van der Waals surface area contributed by atoms with E-state index in [1.165, 1.54) is 12.1 Å². The number of benzene rings is 2. The maximum atomic E-state index is 12.2. The number of aromatic hydroxyl groups is 1. The second-order valence-corrected chi connectivity index (χ2v) is 5.94. The summed E-state index contributed by atoms with van der Waals surface area (Å²) in [7, 11) is 0. The van der Waals surface area contributed by atoms with Gasteiger partial charge in [0, 0.05) is 11.3 Å². The van der Waals surface area contributed by atoms with Crippen LogP contribution in [-0.4, -0.2) is 22.7 Å². The van der Waals surface area contributed by atoms with E-state index in [4.69, 9.17) is 17.0 Å². The van der Waals surface area contributed by atoms with Crippen LogP contribution in [0.25, 0.3) is 0 Å².